The molecule has 0 saturated heterocycles. The Morgan fingerprint density at radius 1 is 0.633 bits per heavy atom. The summed E-state index contributed by atoms with van der Waals surface area (Å²) in [6.07, 6.45) is -1.67. The van der Waals surface area contributed by atoms with Crippen molar-refractivity contribution in [2.45, 2.75) is 79.8 Å². The molecule has 7 nitrogen and oxygen atoms in total. The van der Waals surface area contributed by atoms with Crippen LogP contribution in [0.15, 0.2) is 0 Å². The molecule has 0 spiro atoms. The Morgan fingerprint density at radius 3 is 0.800 bits per heavy atom. The molecule has 0 aliphatic heterocycles. The van der Waals surface area contributed by atoms with Crippen LogP contribution in [-0.4, -0.2) is 68.2 Å². The van der Waals surface area contributed by atoms with Gasteiger partial charge < -0.3 is 53.2 Å². The van der Waals surface area contributed by atoms with E-state index in [1.807, 2.05) is 0 Å². The summed E-state index contributed by atoms with van der Waals surface area (Å²) in [6.45, 7) is 14.3. The summed E-state index contributed by atoms with van der Waals surface area (Å²) >= 11 is 0. The van der Waals surface area contributed by atoms with Gasteiger partial charge in [-0.2, -0.15) is 0 Å². The molecule has 0 aromatic carbocycles. The van der Waals surface area contributed by atoms with Crippen LogP contribution in [0, 0.1) is 0 Å². The molecule has 0 saturated carbocycles. The fourth-order valence-corrected chi connectivity index (χ4v) is 0.283. The molecule has 0 bridgehead atoms. The third-order valence-electron chi connectivity index (χ3n) is 0.577. The molecule has 190 valence electrons. The van der Waals surface area contributed by atoms with E-state index in [0.29, 0.717) is 13.1 Å². The molecule has 30 heavy (non-hydrogen) atoms. The van der Waals surface area contributed by atoms with E-state index < -0.39 is 31.7 Å². The van der Waals surface area contributed by atoms with Crippen molar-refractivity contribution in [3.05, 3.63) is 0 Å². The van der Waals surface area contributed by atoms with Crippen LogP contribution < -0.4 is 25.7 Å². The van der Waals surface area contributed by atoms with Crippen LogP contribution in [0.2, 0.25) is 0 Å². The van der Waals surface area contributed by atoms with Crippen LogP contribution in [0.3, 0.4) is 0 Å². The van der Waals surface area contributed by atoms with Crippen LogP contribution in [0.1, 0.15) is 55.4 Å². The van der Waals surface area contributed by atoms with E-state index in [0.717, 1.165) is 0 Å². The van der Waals surface area contributed by atoms with Crippen molar-refractivity contribution in [1.82, 2.24) is 5.32 Å². The Hall–Kier alpha value is 0.959. The van der Waals surface area contributed by atoms with Gasteiger partial charge in [-0.05, 0) is 0 Å². The van der Waals surface area contributed by atoms with E-state index in [2.05, 4.69) is 5.32 Å². The van der Waals surface area contributed by atoms with Crippen LogP contribution in [0.4, 0.5) is 17.3 Å². The Labute approximate surface area is 210 Å². The van der Waals surface area contributed by atoms with Gasteiger partial charge in [0, 0.05) is 13.1 Å². The van der Waals surface area contributed by atoms with E-state index in [1.54, 1.807) is 55.4 Å². The van der Waals surface area contributed by atoms with Crippen molar-refractivity contribution in [2.24, 2.45) is 0 Å². The summed E-state index contributed by atoms with van der Waals surface area (Å²) in [4.78, 5) is 0. The van der Waals surface area contributed by atoms with E-state index in [9.17, 15) is 37.7 Å². The summed E-state index contributed by atoms with van der Waals surface area (Å²) in [5.74, 6) is 0. The molecule has 0 aliphatic rings. The monoisotopic (exact) mass is 583 g/mol. The summed E-state index contributed by atoms with van der Waals surface area (Å²) in [6, 6.07) is 0. The summed E-state index contributed by atoms with van der Waals surface area (Å²) in [7, 11) is -6.00. The number of rotatable bonds is 4. The maximum Gasteiger partial charge on any atom is 4.00 e. The Kier molecular flexibility index (Phi) is 76.9. The normalized spacial score (nSPS) is 9.00. The summed E-state index contributed by atoms with van der Waals surface area (Å²) in [5.41, 5.74) is 0. The van der Waals surface area contributed by atoms with Crippen LogP contribution in [0.25, 0.3) is 0 Å². The number of hydrogen-bond acceptors (Lipinski definition) is 7. The zero-order chi connectivity index (χ0) is 24.3. The van der Waals surface area contributed by atoms with Crippen molar-refractivity contribution in [1.29, 1.82) is 0 Å². The molecular weight excluding hydrogens is 545 g/mol. The molecule has 0 aliphatic carbocycles. The second kappa shape index (κ2) is 43.8. The molecule has 0 fully saturated rings. The second-order valence-corrected chi connectivity index (χ2v) is 5.89. The Balaban J connectivity index is -0.0000000324. The number of hydrogen-bond donors (Lipinski definition) is 3. The van der Waals surface area contributed by atoms with Crippen molar-refractivity contribution >= 4 is 7.25 Å². The van der Waals surface area contributed by atoms with Gasteiger partial charge >= 0.3 is 51.4 Å². The molecule has 0 radical (unpaired) electrons. The molecule has 0 heterocycles. The zero-order valence-electron chi connectivity index (χ0n) is 19.1. The average molecular weight is 584 g/mol. The average Bonchev–Trinajstić information content (AvgIpc) is 2.34. The number of nitrogens with one attached hydrogen (secondary N) is 1. The first-order valence-corrected chi connectivity index (χ1v) is 8.77. The van der Waals surface area contributed by atoms with Crippen LogP contribution in [-0.2, 0) is 44.1 Å². The van der Waals surface area contributed by atoms with Gasteiger partial charge in [0.1, 0.15) is 0 Å². The standard InChI is InChI=1S/C4H11NO2.4C3H7O.Ag.BF4.Ti/c6-3-1-5-2-4-7;4*1-3(2)4;;2-1(3,4)5;/h5-7H,1-4H2;4*3H,1-2H3;;;/q;4*-1;+1;-1;+4. The summed E-state index contributed by atoms with van der Waals surface area (Å²) < 4.78 is 39.0. The maximum atomic E-state index is 9.75. The van der Waals surface area contributed by atoms with Gasteiger partial charge in [0.05, 0.1) is 13.2 Å². The summed E-state index contributed by atoms with van der Waals surface area (Å²) in [5, 5.41) is 57.2. The predicted octanol–water partition coefficient (Wildman–Crippen LogP) is -1.12. The van der Waals surface area contributed by atoms with Gasteiger partial charge in [-0.15, -0.1) is 24.4 Å². The molecule has 3 N–H and O–H groups in total. The first-order valence-electron chi connectivity index (χ1n) is 8.77. The molecule has 0 unspecified atom stereocenters. The van der Waals surface area contributed by atoms with Gasteiger partial charge in [0.25, 0.3) is 0 Å². The topological polar surface area (TPSA) is 145 Å². The molecule has 0 atom stereocenters. The Bertz CT molecular complexity index is 205. The first kappa shape index (κ1) is 52.7. The van der Waals surface area contributed by atoms with E-state index in [4.69, 9.17) is 10.2 Å². The van der Waals surface area contributed by atoms with Crippen molar-refractivity contribution < 1.29 is 92.0 Å². The Morgan fingerprint density at radius 2 is 0.733 bits per heavy atom. The minimum atomic E-state index is -6.00. The zero-order valence-corrected chi connectivity index (χ0v) is 22.1. The smallest absolute Gasteiger partial charge is 0.852 e. The fraction of sp³-hybridized carbons (Fsp3) is 1.00. The molecule has 0 aromatic heterocycles. The van der Waals surface area contributed by atoms with Gasteiger partial charge in [-0.3, -0.25) is 0 Å². The number of aliphatic hydroxyl groups excluding tert-OH is 2. The minimum Gasteiger partial charge on any atom is -0.852 e. The van der Waals surface area contributed by atoms with E-state index in [1.165, 1.54) is 0 Å². The molecular formula is C16H39AgBF4NO6Ti. The van der Waals surface area contributed by atoms with Gasteiger partial charge in [0.2, 0.25) is 0 Å². The third-order valence-corrected chi connectivity index (χ3v) is 0.577. The quantitative estimate of drug-likeness (QED) is 0.216. The van der Waals surface area contributed by atoms with E-state index in [-0.39, 0.29) is 57.3 Å². The first-order chi connectivity index (χ1) is 12.3. The SMILES string of the molecule is CC(C)[O-].CC(C)[O-].CC(C)[O-].CC(C)[O-].F[B-](F)(F)F.OCCNCCO.[Ag+].[Ti+4]. The molecule has 0 aromatic rings. The fourth-order valence-electron chi connectivity index (χ4n) is 0.283. The third kappa shape index (κ3) is 920. The largest absolute Gasteiger partial charge is 4.00 e. The van der Waals surface area contributed by atoms with Gasteiger partial charge in [-0.25, -0.2) is 0 Å². The van der Waals surface area contributed by atoms with Gasteiger partial charge in [0.15, 0.2) is 0 Å². The van der Waals surface area contributed by atoms with E-state index >= 15 is 0 Å². The second-order valence-electron chi connectivity index (χ2n) is 5.89. The van der Waals surface area contributed by atoms with Crippen LogP contribution in [0.5, 0.6) is 0 Å². The van der Waals surface area contributed by atoms with Gasteiger partial charge in [-0.1, -0.05) is 55.4 Å². The number of aliphatic hydroxyl groups is 2. The van der Waals surface area contributed by atoms with Crippen molar-refractivity contribution in [3.8, 4) is 0 Å². The number of halogens is 4. The minimum absolute atomic E-state index is 0. The maximum absolute atomic E-state index is 9.75. The molecule has 0 rings (SSSR count). The predicted molar refractivity (Wildman–Crippen MR) is 97.8 cm³/mol. The van der Waals surface area contributed by atoms with Crippen LogP contribution >= 0.6 is 0 Å². The van der Waals surface area contributed by atoms with Crippen molar-refractivity contribution in [2.75, 3.05) is 26.3 Å². The molecule has 14 heteroatoms. The van der Waals surface area contributed by atoms with Crippen molar-refractivity contribution in [3.63, 3.8) is 0 Å². The molecule has 0 amide bonds.